The van der Waals surface area contributed by atoms with Crippen molar-refractivity contribution in [2.45, 2.75) is 18.7 Å². The lowest BCUT2D eigenvalue weighted by molar-refractivity contribution is -0.116. The van der Waals surface area contributed by atoms with E-state index in [2.05, 4.69) is 23.7 Å². The van der Waals surface area contributed by atoms with Gasteiger partial charge in [-0.1, -0.05) is 37.3 Å². The molecular weight excluding hydrogens is 393 g/mol. The van der Waals surface area contributed by atoms with E-state index in [9.17, 15) is 9.18 Å². The Morgan fingerprint density at radius 3 is 2.46 bits per heavy atom. The van der Waals surface area contributed by atoms with Crippen molar-refractivity contribution >= 4 is 44.4 Å². The zero-order valence-electron chi connectivity index (χ0n) is 16.1. The topological polar surface area (TPSA) is 36.4 Å². The van der Waals surface area contributed by atoms with E-state index in [1.165, 1.54) is 23.9 Å². The number of nitrogens with zero attached hydrogens (tertiary/aromatic N) is 3. The quantitative estimate of drug-likeness (QED) is 0.464. The molecule has 3 aromatic rings. The van der Waals surface area contributed by atoms with Crippen molar-refractivity contribution in [3.63, 3.8) is 0 Å². The summed E-state index contributed by atoms with van der Waals surface area (Å²) in [5.74, 6) is 0.0336. The van der Waals surface area contributed by atoms with Gasteiger partial charge in [-0.15, -0.1) is 11.8 Å². The van der Waals surface area contributed by atoms with E-state index >= 15 is 0 Å². The fraction of sp³-hybridized carbons (Fsp3) is 0.333. The summed E-state index contributed by atoms with van der Waals surface area (Å²) in [4.78, 5) is 22.7. The van der Waals surface area contributed by atoms with Crippen LogP contribution in [0.15, 0.2) is 53.4 Å². The zero-order valence-corrected chi connectivity index (χ0v) is 17.7. The molecule has 0 aliphatic carbocycles. The monoisotopic (exact) mass is 417 g/mol. The van der Waals surface area contributed by atoms with Crippen LogP contribution in [0.5, 0.6) is 0 Å². The average molecular weight is 418 g/mol. The van der Waals surface area contributed by atoms with E-state index in [4.69, 9.17) is 0 Å². The molecular formula is C21H24FN3OS2. The number of likely N-dealkylation sites (N-methyl/N-ethyl adjacent to an activating group) is 1. The molecule has 0 spiro atoms. The van der Waals surface area contributed by atoms with Crippen LogP contribution in [0.4, 0.5) is 9.52 Å². The molecule has 0 N–H and O–H groups in total. The number of amides is 1. The number of aromatic nitrogens is 1. The van der Waals surface area contributed by atoms with Gasteiger partial charge in [-0.2, -0.15) is 0 Å². The van der Waals surface area contributed by atoms with Crippen LogP contribution in [-0.4, -0.2) is 47.7 Å². The minimum atomic E-state index is -0.272. The Labute approximate surface area is 173 Å². The Morgan fingerprint density at radius 2 is 1.79 bits per heavy atom. The Morgan fingerprint density at radius 1 is 1.07 bits per heavy atom. The highest BCUT2D eigenvalue weighted by Crippen LogP contribution is 2.29. The first-order chi connectivity index (χ1) is 13.6. The number of hydrogen-bond donors (Lipinski definition) is 0. The third kappa shape index (κ3) is 5.31. The summed E-state index contributed by atoms with van der Waals surface area (Å²) in [6, 6.07) is 14.2. The Balaban J connectivity index is 1.75. The van der Waals surface area contributed by atoms with Gasteiger partial charge in [-0.3, -0.25) is 9.69 Å². The molecule has 1 aromatic heterocycles. The van der Waals surface area contributed by atoms with Gasteiger partial charge in [0.15, 0.2) is 5.13 Å². The number of benzene rings is 2. The number of rotatable bonds is 9. The van der Waals surface area contributed by atoms with Gasteiger partial charge in [0, 0.05) is 18.0 Å². The molecule has 0 saturated heterocycles. The number of carbonyl (C=O) groups excluding carboxylic acids is 1. The van der Waals surface area contributed by atoms with Gasteiger partial charge >= 0.3 is 0 Å². The lowest BCUT2D eigenvalue weighted by Gasteiger charge is -2.24. The summed E-state index contributed by atoms with van der Waals surface area (Å²) in [6.45, 7) is 7.54. The van der Waals surface area contributed by atoms with E-state index in [1.807, 2.05) is 24.3 Å². The van der Waals surface area contributed by atoms with Crippen molar-refractivity contribution in [2.75, 3.05) is 36.8 Å². The summed E-state index contributed by atoms with van der Waals surface area (Å²) >= 11 is 2.96. The van der Waals surface area contributed by atoms with E-state index in [1.54, 1.807) is 28.4 Å². The Kier molecular flexibility index (Phi) is 7.42. The highest BCUT2D eigenvalue weighted by molar-refractivity contribution is 8.00. The molecule has 0 aliphatic rings. The Bertz CT molecular complexity index is 876. The normalized spacial score (nSPS) is 11.3. The second kappa shape index (κ2) is 10.0. The van der Waals surface area contributed by atoms with E-state index < -0.39 is 0 Å². The van der Waals surface area contributed by atoms with Crippen molar-refractivity contribution in [1.29, 1.82) is 0 Å². The number of carbonyl (C=O) groups is 1. The molecule has 0 radical (unpaired) electrons. The Hall–Kier alpha value is -1.96. The fourth-order valence-corrected chi connectivity index (χ4v) is 4.62. The first kappa shape index (κ1) is 20.8. The number of fused-ring (bicyclic) bond motifs is 1. The molecule has 7 heteroatoms. The van der Waals surface area contributed by atoms with Crippen molar-refractivity contribution in [2.24, 2.45) is 0 Å². The average Bonchev–Trinajstić information content (AvgIpc) is 3.14. The van der Waals surface area contributed by atoms with Gasteiger partial charge in [0.2, 0.25) is 5.91 Å². The van der Waals surface area contributed by atoms with Gasteiger partial charge in [-0.05, 0) is 49.5 Å². The molecule has 0 unspecified atom stereocenters. The molecule has 1 heterocycles. The number of para-hydroxylation sites is 1. The molecule has 0 bridgehead atoms. The lowest BCUT2D eigenvalue weighted by Crippen LogP contribution is -2.39. The maximum atomic E-state index is 13.1. The summed E-state index contributed by atoms with van der Waals surface area (Å²) in [7, 11) is 0. The number of halogens is 1. The second-order valence-corrected chi connectivity index (χ2v) is 8.34. The first-order valence-corrected chi connectivity index (χ1v) is 11.2. The van der Waals surface area contributed by atoms with Crippen LogP contribution in [0.1, 0.15) is 13.8 Å². The van der Waals surface area contributed by atoms with Crippen molar-refractivity contribution in [1.82, 2.24) is 9.88 Å². The molecule has 0 saturated carbocycles. The highest BCUT2D eigenvalue weighted by atomic mass is 32.2. The molecule has 1 amide bonds. The van der Waals surface area contributed by atoms with Crippen LogP contribution in [0.3, 0.4) is 0 Å². The van der Waals surface area contributed by atoms with Crippen LogP contribution in [0.25, 0.3) is 10.2 Å². The van der Waals surface area contributed by atoms with E-state index in [0.717, 1.165) is 39.9 Å². The van der Waals surface area contributed by atoms with Gasteiger partial charge < -0.3 is 4.90 Å². The van der Waals surface area contributed by atoms with Crippen LogP contribution >= 0.6 is 23.1 Å². The smallest absolute Gasteiger partial charge is 0.239 e. The van der Waals surface area contributed by atoms with E-state index in [-0.39, 0.29) is 11.7 Å². The largest absolute Gasteiger partial charge is 0.302 e. The maximum absolute atomic E-state index is 13.1. The van der Waals surface area contributed by atoms with Crippen molar-refractivity contribution in [3.05, 3.63) is 54.3 Å². The minimum Gasteiger partial charge on any atom is -0.302 e. The standard InChI is InChI=1S/C21H24FN3OS2/c1-3-24(4-2)13-14-25(21-23-18-7-5-6-8-19(18)28-21)20(26)15-27-17-11-9-16(22)10-12-17/h5-12H,3-4,13-15H2,1-2H3. The number of hydrogen-bond acceptors (Lipinski definition) is 5. The SMILES string of the molecule is CCN(CC)CCN(C(=O)CSc1ccc(F)cc1)c1nc2ccccc2s1. The molecule has 2 aromatic carbocycles. The van der Waals surface area contributed by atoms with Gasteiger partial charge in [-0.25, -0.2) is 9.37 Å². The summed E-state index contributed by atoms with van der Waals surface area (Å²) in [5.41, 5.74) is 0.911. The predicted octanol–water partition coefficient (Wildman–Crippen LogP) is 4.90. The lowest BCUT2D eigenvalue weighted by atomic mass is 10.3. The van der Waals surface area contributed by atoms with Gasteiger partial charge in [0.05, 0.1) is 16.0 Å². The first-order valence-electron chi connectivity index (χ1n) is 9.37. The molecule has 28 heavy (non-hydrogen) atoms. The number of anilines is 1. The van der Waals surface area contributed by atoms with Gasteiger partial charge in [0.1, 0.15) is 5.82 Å². The minimum absolute atomic E-state index is 0.0144. The van der Waals surface area contributed by atoms with Crippen LogP contribution in [-0.2, 0) is 4.79 Å². The van der Waals surface area contributed by atoms with Crippen molar-refractivity contribution in [3.8, 4) is 0 Å². The molecule has 148 valence electrons. The van der Waals surface area contributed by atoms with Crippen LogP contribution in [0, 0.1) is 5.82 Å². The highest BCUT2D eigenvalue weighted by Gasteiger charge is 2.20. The summed E-state index contributed by atoms with van der Waals surface area (Å²) in [6.07, 6.45) is 0. The van der Waals surface area contributed by atoms with Gasteiger partial charge in [0.25, 0.3) is 0 Å². The number of thioether (sulfide) groups is 1. The maximum Gasteiger partial charge on any atom is 0.239 e. The third-order valence-corrected chi connectivity index (χ3v) is 6.58. The third-order valence-electron chi connectivity index (χ3n) is 4.52. The van der Waals surface area contributed by atoms with Crippen molar-refractivity contribution < 1.29 is 9.18 Å². The predicted molar refractivity (Wildman–Crippen MR) is 117 cm³/mol. The molecule has 4 nitrogen and oxygen atoms in total. The fourth-order valence-electron chi connectivity index (χ4n) is 2.84. The second-order valence-electron chi connectivity index (χ2n) is 6.28. The summed E-state index contributed by atoms with van der Waals surface area (Å²) < 4.78 is 14.2. The molecule has 0 aliphatic heterocycles. The molecule has 0 atom stereocenters. The number of thiazole rings is 1. The summed E-state index contributed by atoms with van der Waals surface area (Å²) in [5, 5.41) is 0.734. The zero-order chi connectivity index (χ0) is 19.9. The van der Waals surface area contributed by atoms with E-state index in [0.29, 0.717) is 12.3 Å². The van der Waals surface area contributed by atoms with Crippen LogP contribution in [0.2, 0.25) is 0 Å². The van der Waals surface area contributed by atoms with Crippen LogP contribution < -0.4 is 4.90 Å². The molecule has 0 fully saturated rings. The molecule has 3 rings (SSSR count).